The Bertz CT molecular complexity index is 878. The molecule has 4 aliphatic rings. The van der Waals surface area contributed by atoms with Crippen molar-refractivity contribution in [1.82, 2.24) is 0 Å². The molecule has 5 rings (SSSR count). The summed E-state index contributed by atoms with van der Waals surface area (Å²) in [4.78, 5) is 25.4. The third-order valence-electron chi connectivity index (χ3n) is 9.10. The van der Waals surface area contributed by atoms with Crippen LogP contribution < -0.4 is 5.01 Å². The molecule has 3 fully saturated rings. The highest BCUT2D eigenvalue weighted by Crippen LogP contribution is 2.65. The third-order valence-corrected chi connectivity index (χ3v) is 9.10. The molecule has 0 spiro atoms. The average Bonchev–Trinajstić information content (AvgIpc) is 3.05. The summed E-state index contributed by atoms with van der Waals surface area (Å²) in [5, 5.41) is 6.54. The summed E-state index contributed by atoms with van der Waals surface area (Å²) in [5.41, 5.74) is 2.12. The quantitative estimate of drug-likeness (QED) is 0.692. The number of hydrazone groups is 1. The molecule has 29 heavy (non-hydrogen) atoms. The molecule has 0 bridgehead atoms. The highest BCUT2D eigenvalue weighted by molar-refractivity contribution is 6.05. The molecule has 1 aromatic rings. The minimum atomic E-state index is -0.124. The van der Waals surface area contributed by atoms with Crippen molar-refractivity contribution in [2.24, 2.45) is 39.6 Å². The fraction of sp³-hybridized carbons (Fsp3) is 0.640. The molecule has 0 saturated heterocycles. The summed E-state index contributed by atoms with van der Waals surface area (Å²) in [6, 6.07) is 9.81. The zero-order chi connectivity index (χ0) is 20.4. The van der Waals surface area contributed by atoms with Crippen LogP contribution in [0.3, 0.4) is 0 Å². The van der Waals surface area contributed by atoms with Crippen LogP contribution in [-0.2, 0) is 9.59 Å². The van der Waals surface area contributed by atoms with E-state index in [1.165, 1.54) is 12.1 Å². The van der Waals surface area contributed by atoms with Crippen molar-refractivity contribution in [2.75, 3.05) is 5.01 Å². The topological polar surface area (TPSA) is 49.7 Å². The standard InChI is InChI=1S/C25H32N2O2/c1-16(28)19-10-11-20-18-9-12-22-25(3,21(18)13-14-24(19,20)2)15-23(29)27(26-22)17-7-5-4-6-8-17/h4-8,18-21H,9-15H2,1-3H3/t18-,19+,20-,21-,24+,25+/m0/s1. The number of para-hydroxylation sites is 1. The number of rotatable bonds is 2. The minimum Gasteiger partial charge on any atom is -0.300 e. The van der Waals surface area contributed by atoms with Gasteiger partial charge in [0.15, 0.2) is 0 Å². The van der Waals surface area contributed by atoms with Crippen LogP contribution in [0.5, 0.6) is 0 Å². The molecule has 154 valence electrons. The largest absolute Gasteiger partial charge is 0.300 e. The molecule has 1 aliphatic heterocycles. The zero-order valence-corrected chi connectivity index (χ0v) is 17.9. The van der Waals surface area contributed by atoms with Crippen LogP contribution in [0, 0.1) is 34.5 Å². The van der Waals surface area contributed by atoms with Gasteiger partial charge in [0.05, 0.1) is 5.69 Å². The van der Waals surface area contributed by atoms with E-state index in [4.69, 9.17) is 5.10 Å². The molecular formula is C25H32N2O2. The number of carbonyl (C=O) groups excluding carboxylic acids is 2. The van der Waals surface area contributed by atoms with Crippen LogP contribution in [0.1, 0.15) is 65.7 Å². The molecular weight excluding hydrogens is 360 g/mol. The van der Waals surface area contributed by atoms with Gasteiger partial charge in [0.2, 0.25) is 5.91 Å². The van der Waals surface area contributed by atoms with Gasteiger partial charge >= 0.3 is 0 Å². The number of Topliss-reactive ketones (excluding diaryl/α,β-unsaturated/α-hetero) is 1. The number of hydrogen-bond acceptors (Lipinski definition) is 3. The number of benzene rings is 1. The lowest BCUT2D eigenvalue weighted by Crippen LogP contribution is -2.56. The number of amides is 1. The molecule has 4 heteroatoms. The van der Waals surface area contributed by atoms with E-state index in [0.717, 1.165) is 37.8 Å². The lowest BCUT2D eigenvalue weighted by atomic mass is 9.48. The van der Waals surface area contributed by atoms with Crippen LogP contribution in [0.2, 0.25) is 0 Å². The number of anilines is 1. The molecule has 0 aromatic heterocycles. The predicted molar refractivity (Wildman–Crippen MR) is 115 cm³/mol. The maximum atomic E-state index is 13.1. The Morgan fingerprint density at radius 2 is 1.83 bits per heavy atom. The van der Waals surface area contributed by atoms with Gasteiger partial charge in [-0.1, -0.05) is 32.0 Å². The van der Waals surface area contributed by atoms with E-state index < -0.39 is 0 Å². The van der Waals surface area contributed by atoms with Gasteiger partial charge in [-0.25, -0.2) is 5.01 Å². The highest BCUT2D eigenvalue weighted by Gasteiger charge is 2.60. The average molecular weight is 393 g/mol. The minimum absolute atomic E-state index is 0.115. The van der Waals surface area contributed by atoms with Crippen LogP contribution >= 0.6 is 0 Å². The Morgan fingerprint density at radius 1 is 1.07 bits per heavy atom. The Labute approximate surface area is 173 Å². The van der Waals surface area contributed by atoms with Crippen LogP contribution in [0.4, 0.5) is 5.69 Å². The third kappa shape index (κ3) is 2.67. The number of hydrogen-bond donors (Lipinski definition) is 0. The van der Waals surface area contributed by atoms with Crippen LogP contribution in [-0.4, -0.2) is 17.4 Å². The van der Waals surface area contributed by atoms with Crippen molar-refractivity contribution in [3.8, 4) is 0 Å². The van der Waals surface area contributed by atoms with E-state index in [1.807, 2.05) is 30.3 Å². The van der Waals surface area contributed by atoms with Crippen LogP contribution in [0.15, 0.2) is 35.4 Å². The first kappa shape index (κ1) is 19.0. The first-order chi connectivity index (χ1) is 13.8. The molecule has 0 N–H and O–H groups in total. The Hall–Kier alpha value is -1.97. The number of fused-ring (bicyclic) bond motifs is 5. The van der Waals surface area contributed by atoms with Crippen molar-refractivity contribution in [3.05, 3.63) is 30.3 Å². The van der Waals surface area contributed by atoms with Gasteiger partial charge in [-0.05, 0) is 80.8 Å². The zero-order valence-electron chi connectivity index (χ0n) is 17.9. The lowest BCUT2D eigenvalue weighted by molar-refractivity contribution is -0.128. The van der Waals surface area contributed by atoms with E-state index in [0.29, 0.717) is 30.0 Å². The first-order valence-electron chi connectivity index (χ1n) is 11.3. The monoisotopic (exact) mass is 392 g/mol. The lowest BCUT2D eigenvalue weighted by Gasteiger charge is -2.57. The summed E-state index contributed by atoms with van der Waals surface area (Å²) in [6.45, 7) is 6.46. The smallest absolute Gasteiger partial charge is 0.248 e. The fourth-order valence-electron chi connectivity index (χ4n) is 7.69. The van der Waals surface area contributed by atoms with E-state index in [9.17, 15) is 9.59 Å². The SMILES string of the molecule is CC(=O)[C@H]1CC[C@H]2[C@@H]3CCC4=NN(c5ccccc5)C(=O)C[C@]4(C)[C@H]3CC[C@]12C. The van der Waals surface area contributed by atoms with Gasteiger partial charge in [0.1, 0.15) is 5.78 Å². The molecule has 0 unspecified atom stereocenters. The highest BCUT2D eigenvalue weighted by atomic mass is 16.2. The van der Waals surface area contributed by atoms with Crippen molar-refractivity contribution in [1.29, 1.82) is 0 Å². The summed E-state index contributed by atoms with van der Waals surface area (Å²) >= 11 is 0. The van der Waals surface area contributed by atoms with Crippen molar-refractivity contribution in [2.45, 2.75) is 65.7 Å². The Balaban J connectivity index is 1.47. The van der Waals surface area contributed by atoms with Gasteiger partial charge in [-0.3, -0.25) is 9.59 Å². The van der Waals surface area contributed by atoms with E-state index in [1.54, 1.807) is 11.9 Å². The second-order valence-corrected chi connectivity index (χ2v) is 10.4. The normalized spacial score (nSPS) is 41.3. The molecule has 3 aliphatic carbocycles. The molecule has 1 aromatic carbocycles. The molecule has 4 nitrogen and oxygen atoms in total. The fourth-order valence-corrected chi connectivity index (χ4v) is 7.69. The number of ketones is 1. The van der Waals surface area contributed by atoms with E-state index in [2.05, 4.69) is 13.8 Å². The van der Waals surface area contributed by atoms with Crippen molar-refractivity contribution >= 4 is 23.1 Å². The summed E-state index contributed by atoms with van der Waals surface area (Å²) in [6.07, 6.45) is 7.15. The molecule has 0 radical (unpaired) electrons. The van der Waals surface area contributed by atoms with Crippen molar-refractivity contribution in [3.63, 3.8) is 0 Å². The molecule has 1 amide bonds. The summed E-state index contributed by atoms with van der Waals surface area (Å²) < 4.78 is 0. The van der Waals surface area contributed by atoms with Crippen molar-refractivity contribution < 1.29 is 9.59 Å². The maximum Gasteiger partial charge on any atom is 0.248 e. The van der Waals surface area contributed by atoms with Crippen LogP contribution in [0.25, 0.3) is 0 Å². The maximum absolute atomic E-state index is 13.1. The molecule has 1 heterocycles. The van der Waals surface area contributed by atoms with Gasteiger partial charge in [0.25, 0.3) is 0 Å². The Morgan fingerprint density at radius 3 is 2.55 bits per heavy atom. The van der Waals surface area contributed by atoms with E-state index >= 15 is 0 Å². The second-order valence-electron chi connectivity index (χ2n) is 10.4. The van der Waals surface area contributed by atoms with Gasteiger partial charge in [-0.2, -0.15) is 5.10 Å². The van der Waals surface area contributed by atoms with E-state index in [-0.39, 0.29) is 22.7 Å². The molecule has 6 atom stereocenters. The van der Waals surface area contributed by atoms with Gasteiger partial charge in [-0.15, -0.1) is 0 Å². The molecule has 3 saturated carbocycles. The second kappa shape index (κ2) is 6.52. The number of nitrogens with zero attached hydrogens (tertiary/aromatic N) is 2. The van der Waals surface area contributed by atoms with Gasteiger partial charge < -0.3 is 0 Å². The van der Waals surface area contributed by atoms with Gasteiger partial charge in [0, 0.05) is 23.5 Å². The predicted octanol–water partition coefficient (Wildman–Crippen LogP) is 5.23. The number of carbonyl (C=O) groups is 2. The summed E-state index contributed by atoms with van der Waals surface area (Å²) in [7, 11) is 0. The Kier molecular flexibility index (Phi) is 4.27. The first-order valence-corrected chi connectivity index (χ1v) is 11.3. The summed E-state index contributed by atoms with van der Waals surface area (Å²) in [5.74, 6) is 2.49.